The van der Waals surface area contributed by atoms with Crippen LogP contribution in [0.1, 0.15) is 88.0 Å². The Morgan fingerprint density at radius 1 is 1.04 bits per heavy atom. The number of ether oxygens (including phenoxy) is 2. The van der Waals surface area contributed by atoms with Gasteiger partial charge in [-0.05, 0) is 92.8 Å². The summed E-state index contributed by atoms with van der Waals surface area (Å²) in [5, 5.41) is 22.2. The highest BCUT2D eigenvalue weighted by Gasteiger charge is 2.47. The number of rotatable bonds is 22. The Hall–Kier alpha value is -5.18. The van der Waals surface area contributed by atoms with Crippen LogP contribution in [0.25, 0.3) is 10.4 Å². The van der Waals surface area contributed by atoms with E-state index >= 15 is 0 Å². The molecule has 1 aliphatic rings. The van der Waals surface area contributed by atoms with E-state index in [1.165, 1.54) is 11.8 Å². The minimum atomic E-state index is -1.24. The smallest absolute Gasteiger partial charge is 0.305 e. The average Bonchev–Trinajstić information content (AvgIpc) is 3.58. The predicted octanol–water partition coefficient (Wildman–Crippen LogP) is 3.11. The monoisotopic (exact) mass is 764 g/mol. The predicted molar refractivity (Wildman–Crippen MR) is 205 cm³/mol. The number of hydrogen-bond acceptors (Lipinski definition) is 10. The Morgan fingerprint density at radius 2 is 1.75 bits per heavy atom. The van der Waals surface area contributed by atoms with E-state index in [-0.39, 0.29) is 43.8 Å². The van der Waals surface area contributed by atoms with Gasteiger partial charge >= 0.3 is 5.97 Å². The standard InChI is InChI=1S/C39H56N8O8/c1-5-55-34(50)11-8-6-7-10-33(49)43-24-29-15-12-28(22-30(29)25-44-46-41)18-20-42-38(53)39(3)19-9-21-47(39)37(52)32(45-36(51)35(40)26(2)48)23-27-13-16-31(54-4)17-14-27/h12-17,22,26,32,35,48H,5-11,18-21,23-25,40H2,1-4H3,(H,42,53)(H,43,49)(H,45,51)/t26-,32+,35+,39+/m1/s1. The molecule has 0 saturated carbocycles. The first-order chi connectivity index (χ1) is 26.3. The van der Waals surface area contributed by atoms with Crippen molar-refractivity contribution in [1.82, 2.24) is 20.9 Å². The third-order valence-corrected chi connectivity index (χ3v) is 9.77. The molecule has 0 spiro atoms. The number of nitrogens with two attached hydrogens (primary N) is 1. The molecule has 16 heteroatoms. The molecule has 300 valence electrons. The number of hydrogen-bond donors (Lipinski definition) is 5. The summed E-state index contributed by atoms with van der Waals surface area (Å²) >= 11 is 0. The average molecular weight is 765 g/mol. The van der Waals surface area contributed by atoms with E-state index in [0.717, 1.165) is 28.7 Å². The van der Waals surface area contributed by atoms with Gasteiger partial charge in [0.2, 0.25) is 23.6 Å². The van der Waals surface area contributed by atoms with Gasteiger partial charge in [-0.25, -0.2) is 0 Å². The van der Waals surface area contributed by atoms with Gasteiger partial charge in [0.25, 0.3) is 0 Å². The minimum absolute atomic E-state index is 0.0846. The number of azide groups is 1. The van der Waals surface area contributed by atoms with Crippen molar-refractivity contribution < 1.29 is 38.6 Å². The summed E-state index contributed by atoms with van der Waals surface area (Å²) in [6, 6.07) is 10.4. The minimum Gasteiger partial charge on any atom is -0.497 e. The molecule has 55 heavy (non-hydrogen) atoms. The zero-order chi connectivity index (χ0) is 40.4. The third kappa shape index (κ3) is 13.6. The van der Waals surface area contributed by atoms with Crippen LogP contribution >= 0.6 is 0 Å². The number of carbonyl (C=O) groups excluding carboxylic acids is 5. The summed E-state index contributed by atoms with van der Waals surface area (Å²) in [7, 11) is 1.55. The largest absolute Gasteiger partial charge is 0.497 e. The van der Waals surface area contributed by atoms with Gasteiger partial charge in [0, 0.05) is 43.8 Å². The van der Waals surface area contributed by atoms with Gasteiger partial charge in [0.1, 0.15) is 23.4 Å². The first-order valence-electron chi connectivity index (χ1n) is 18.8. The summed E-state index contributed by atoms with van der Waals surface area (Å²) in [4.78, 5) is 69.1. The molecule has 2 aromatic rings. The molecule has 2 aromatic carbocycles. The quantitative estimate of drug-likeness (QED) is 0.0389. The second-order valence-electron chi connectivity index (χ2n) is 13.9. The van der Waals surface area contributed by atoms with Gasteiger partial charge in [-0.1, -0.05) is 41.9 Å². The molecule has 4 amide bonds. The topological polar surface area (TPSA) is 238 Å². The zero-order valence-corrected chi connectivity index (χ0v) is 32.3. The zero-order valence-electron chi connectivity index (χ0n) is 32.3. The molecule has 1 saturated heterocycles. The van der Waals surface area contributed by atoms with Crippen molar-refractivity contribution in [3.63, 3.8) is 0 Å². The van der Waals surface area contributed by atoms with Crippen LogP contribution in [0.4, 0.5) is 0 Å². The number of unbranched alkanes of at least 4 members (excludes halogenated alkanes) is 2. The van der Waals surface area contributed by atoms with Crippen LogP contribution in [0.5, 0.6) is 5.75 Å². The lowest BCUT2D eigenvalue weighted by Gasteiger charge is -2.36. The number of nitrogens with one attached hydrogen (secondary N) is 3. The van der Waals surface area contributed by atoms with Crippen molar-refractivity contribution in [1.29, 1.82) is 0 Å². The molecular formula is C39H56N8O8. The second-order valence-corrected chi connectivity index (χ2v) is 13.9. The number of aliphatic hydroxyl groups is 1. The van der Waals surface area contributed by atoms with Crippen molar-refractivity contribution in [2.75, 3.05) is 26.8 Å². The highest BCUT2D eigenvalue weighted by Crippen LogP contribution is 2.30. The molecule has 0 bridgehead atoms. The second kappa shape index (κ2) is 22.3. The molecule has 6 N–H and O–H groups in total. The Morgan fingerprint density at radius 3 is 2.42 bits per heavy atom. The van der Waals surface area contributed by atoms with Gasteiger partial charge in [0.15, 0.2) is 0 Å². The van der Waals surface area contributed by atoms with Gasteiger partial charge in [-0.2, -0.15) is 0 Å². The van der Waals surface area contributed by atoms with Crippen LogP contribution < -0.4 is 26.4 Å². The van der Waals surface area contributed by atoms with E-state index in [0.29, 0.717) is 63.8 Å². The summed E-state index contributed by atoms with van der Waals surface area (Å²) in [6.45, 7) is 6.14. The van der Waals surface area contributed by atoms with Crippen LogP contribution in [-0.4, -0.2) is 90.1 Å². The summed E-state index contributed by atoms with van der Waals surface area (Å²) in [6.07, 6.45) is 3.15. The number of aliphatic hydroxyl groups excluding tert-OH is 1. The summed E-state index contributed by atoms with van der Waals surface area (Å²) < 4.78 is 10.2. The maximum Gasteiger partial charge on any atom is 0.305 e. The van der Waals surface area contributed by atoms with Crippen LogP contribution in [0.15, 0.2) is 47.6 Å². The number of carbonyl (C=O) groups is 5. The van der Waals surface area contributed by atoms with Crippen LogP contribution in [0.2, 0.25) is 0 Å². The lowest BCUT2D eigenvalue weighted by Crippen LogP contribution is -2.61. The molecule has 0 aromatic heterocycles. The van der Waals surface area contributed by atoms with Gasteiger partial charge in [-0.15, -0.1) is 0 Å². The number of amides is 4. The van der Waals surface area contributed by atoms with E-state index in [9.17, 15) is 29.1 Å². The van der Waals surface area contributed by atoms with Gasteiger partial charge in [-0.3, -0.25) is 24.0 Å². The molecule has 0 unspecified atom stereocenters. The molecule has 1 heterocycles. The highest BCUT2D eigenvalue weighted by atomic mass is 16.5. The lowest BCUT2D eigenvalue weighted by molar-refractivity contribution is -0.146. The first kappa shape index (κ1) is 44.2. The Bertz CT molecular complexity index is 1660. The van der Waals surface area contributed by atoms with Crippen LogP contribution in [0.3, 0.4) is 0 Å². The SMILES string of the molecule is CCOC(=O)CCCCCC(=O)NCc1ccc(CCNC(=O)[C@]2(C)CCCN2C(=O)[C@H](Cc2ccc(OC)cc2)NC(=O)[C@@H](N)[C@@H](C)O)cc1CN=[N+]=[N-]. The van der Waals surface area contributed by atoms with Crippen molar-refractivity contribution in [3.05, 3.63) is 75.2 Å². The first-order valence-corrected chi connectivity index (χ1v) is 18.8. The van der Waals surface area contributed by atoms with E-state index < -0.39 is 35.5 Å². The van der Waals surface area contributed by atoms with E-state index in [2.05, 4.69) is 26.0 Å². The molecule has 16 nitrogen and oxygen atoms in total. The molecule has 1 fully saturated rings. The fraction of sp³-hybridized carbons (Fsp3) is 0.564. The maximum atomic E-state index is 14.1. The number of likely N-dealkylation sites (tertiary alicyclic amines) is 1. The molecule has 3 rings (SSSR count). The number of methoxy groups -OCH3 is 1. The van der Waals surface area contributed by atoms with Crippen LogP contribution in [-0.2, 0) is 54.6 Å². The molecule has 0 radical (unpaired) electrons. The van der Waals surface area contributed by atoms with Crippen molar-refractivity contribution in [3.8, 4) is 5.75 Å². The van der Waals surface area contributed by atoms with E-state index in [1.807, 2.05) is 18.2 Å². The third-order valence-electron chi connectivity index (χ3n) is 9.77. The molecular weight excluding hydrogens is 708 g/mol. The maximum absolute atomic E-state index is 14.1. The fourth-order valence-corrected chi connectivity index (χ4v) is 6.45. The van der Waals surface area contributed by atoms with Crippen molar-refractivity contribution >= 4 is 29.6 Å². The summed E-state index contributed by atoms with van der Waals surface area (Å²) in [5.74, 6) is -1.17. The van der Waals surface area contributed by atoms with E-state index in [4.69, 9.17) is 20.7 Å². The molecule has 0 aliphatic carbocycles. The summed E-state index contributed by atoms with van der Waals surface area (Å²) in [5.41, 5.74) is 16.8. The highest BCUT2D eigenvalue weighted by molar-refractivity contribution is 5.95. The number of nitrogens with zero attached hydrogens (tertiary/aromatic N) is 4. The molecule has 1 aliphatic heterocycles. The normalized spacial score (nSPS) is 16.6. The van der Waals surface area contributed by atoms with Gasteiger partial charge in [0.05, 0.1) is 26.4 Å². The lowest BCUT2D eigenvalue weighted by atomic mass is 9.95. The van der Waals surface area contributed by atoms with Crippen molar-refractivity contribution in [2.45, 2.75) is 115 Å². The van der Waals surface area contributed by atoms with Gasteiger partial charge < -0.3 is 41.2 Å². The molecule has 4 atom stereocenters. The van der Waals surface area contributed by atoms with E-state index in [1.54, 1.807) is 45.2 Å². The Labute approximate surface area is 322 Å². The van der Waals surface area contributed by atoms with Crippen molar-refractivity contribution in [2.24, 2.45) is 10.8 Å². The Balaban J connectivity index is 1.62. The number of benzene rings is 2. The number of esters is 1. The fourth-order valence-electron chi connectivity index (χ4n) is 6.45. The Kier molecular flexibility index (Phi) is 17.9. The van der Waals surface area contributed by atoms with Crippen LogP contribution in [0, 0.1) is 0 Å².